The van der Waals surface area contributed by atoms with E-state index in [0.717, 1.165) is 10.9 Å². The largest absolute Gasteiger partial charge is 0.347 e. The third kappa shape index (κ3) is 2.79. The van der Waals surface area contributed by atoms with Crippen molar-refractivity contribution in [3.05, 3.63) is 63.2 Å². The summed E-state index contributed by atoms with van der Waals surface area (Å²) in [4.78, 5) is 15.1. The molecular formula is C12H11BrN2O. The Labute approximate surface area is 102 Å². The van der Waals surface area contributed by atoms with Crippen molar-refractivity contribution in [2.24, 2.45) is 0 Å². The molecule has 0 N–H and O–H groups in total. The van der Waals surface area contributed by atoms with Crippen molar-refractivity contribution in [3.8, 4) is 0 Å². The smallest absolute Gasteiger partial charge is 0.299 e. The summed E-state index contributed by atoms with van der Waals surface area (Å²) in [5, 5.41) is 0. The minimum atomic E-state index is -0.197. The molecule has 0 unspecified atom stereocenters. The Kier molecular flexibility index (Phi) is 3.51. The van der Waals surface area contributed by atoms with Gasteiger partial charge in [-0.15, -0.1) is 0 Å². The van der Waals surface area contributed by atoms with Gasteiger partial charge in [-0.25, -0.2) is 9.78 Å². The highest BCUT2D eigenvalue weighted by molar-refractivity contribution is 9.10. The second kappa shape index (κ2) is 5.07. The Bertz CT molecular complexity index is 536. The van der Waals surface area contributed by atoms with Crippen molar-refractivity contribution in [3.63, 3.8) is 0 Å². The van der Waals surface area contributed by atoms with Crippen LogP contribution in [0.5, 0.6) is 0 Å². The Morgan fingerprint density at radius 3 is 2.94 bits per heavy atom. The van der Waals surface area contributed by atoms with Gasteiger partial charge in [-0.05, 0) is 30.2 Å². The highest BCUT2D eigenvalue weighted by Crippen LogP contribution is 2.12. The van der Waals surface area contributed by atoms with Crippen LogP contribution in [0.1, 0.15) is 5.56 Å². The quantitative estimate of drug-likeness (QED) is 0.863. The first-order valence-electron chi connectivity index (χ1n) is 5.01. The van der Waals surface area contributed by atoms with Crippen molar-refractivity contribution in [2.45, 2.75) is 13.0 Å². The van der Waals surface area contributed by atoms with Gasteiger partial charge in [0.25, 0.3) is 0 Å². The molecule has 1 heterocycles. The van der Waals surface area contributed by atoms with Crippen LogP contribution >= 0.6 is 15.9 Å². The van der Waals surface area contributed by atoms with E-state index in [2.05, 4.69) is 27.0 Å². The average molecular weight is 279 g/mol. The molecular weight excluding hydrogens is 268 g/mol. The van der Waals surface area contributed by atoms with Crippen LogP contribution in [-0.2, 0) is 13.0 Å². The lowest BCUT2D eigenvalue weighted by Crippen LogP contribution is -2.22. The Hall–Kier alpha value is -1.42. The summed E-state index contributed by atoms with van der Waals surface area (Å²) < 4.78 is 2.67. The molecule has 0 aliphatic carbocycles. The summed E-state index contributed by atoms with van der Waals surface area (Å²) in [5.41, 5.74) is 1.00. The van der Waals surface area contributed by atoms with Crippen LogP contribution < -0.4 is 5.69 Å². The van der Waals surface area contributed by atoms with E-state index >= 15 is 0 Å². The highest BCUT2D eigenvalue weighted by atomic mass is 79.9. The number of aromatic nitrogens is 2. The van der Waals surface area contributed by atoms with Gasteiger partial charge >= 0.3 is 5.69 Å². The molecule has 0 amide bonds. The molecule has 0 saturated carbocycles. The van der Waals surface area contributed by atoms with Gasteiger partial charge in [0.05, 0.1) is 0 Å². The molecule has 16 heavy (non-hydrogen) atoms. The zero-order chi connectivity index (χ0) is 11.4. The second-order valence-corrected chi connectivity index (χ2v) is 4.39. The molecule has 82 valence electrons. The van der Waals surface area contributed by atoms with Crippen LogP contribution in [0, 0.1) is 0 Å². The molecule has 1 aromatic heterocycles. The fraction of sp³-hybridized carbons (Fsp3) is 0.167. The zero-order valence-corrected chi connectivity index (χ0v) is 10.2. The summed E-state index contributed by atoms with van der Waals surface area (Å²) in [6, 6.07) is 9.85. The molecule has 0 aliphatic heterocycles. The average Bonchev–Trinajstić information content (AvgIpc) is 2.28. The lowest BCUT2D eigenvalue weighted by atomic mass is 10.1. The monoisotopic (exact) mass is 278 g/mol. The number of rotatable bonds is 3. The van der Waals surface area contributed by atoms with E-state index in [4.69, 9.17) is 0 Å². The molecule has 3 nitrogen and oxygen atoms in total. The van der Waals surface area contributed by atoms with E-state index in [-0.39, 0.29) is 5.69 Å². The van der Waals surface area contributed by atoms with Crippen molar-refractivity contribution in [1.82, 2.24) is 9.55 Å². The Morgan fingerprint density at radius 1 is 1.31 bits per heavy atom. The molecule has 0 spiro atoms. The molecule has 2 rings (SSSR count). The van der Waals surface area contributed by atoms with Gasteiger partial charge in [-0.3, -0.25) is 4.57 Å². The Balaban J connectivity index is 2.08. The fourth-order valence-corrected chi connectivity index (χ4v) is 1.95. The van der Waals surface area contributed by atoms with E-state index in [9.17, 15) is 4.79 Å². The van der Waals surface area contributed by atoms with Gasteiger partial charge in [0.15, 0.2) is 0 Å². The maximum absolute atomic E-state index is 11.3. The van der Waals surface area contributed by atoms with Gasteiger partial charge in [-0.1, -0.05) is 28.1 Å². The van der Waals surface area contributed by atoms with Gasteiger partial charge in [0.2, 0.25) is 0 Å². The predicted molar refractivity (Wildman–Crippen MR) is 66.3 cm³/mol. The summed E-state index contributed by atoms with van der Waals surface area (Å²) >= 11 is 3.42. The zero-order valence-electron chi connectivity index (χ0n) is 8.64. The van der Waals surface area contributed by atoms with Crippen LogP contribution in [0.2, 0.25) is 0 Å². The first kappa shape index (κ1) is 11.1. The van der Waals surface area contributed by atoms with Crippen LogP contribution in [-0.4, -0.2) is 9.55 Å². The van der Waals surface area contributed by atoms with Crippen LogP contribution in [0.4, 0.5) is 0 Å². The summed E-state index contributed by atoms with van der Waals surface area (Å²) in [6.45, 7) is 0.656. The number of hydrogen-bond acceptors (Lipinski definition) is 2. The lowest BCUT2D eigenvalue weighted by molar-refractivity contribution is 0.649. The maximum Gasteiger partial charge on any atom is 0.347 e. The van der Waals surface area contributed by atoms with E-state index in [1.807, 2.05) is 18.2 Å². The van der Waals surface area contributed by atoms with Crippen LogP contribution in [0.15, 0.2) is 52.0 Å². The SMILES string of the molecule is O=c1ncccn1CCc1cccc(Br)c1. The first-order valence-corrected chi connectivity index (χ1v) is 5.81. The van der Waals surface area contributed by atoms with Crippen LogP contribution in [0.3, 0.4) is 0 Å². The first-order chi connectivity index (χ1) is 7.75. The standard InChI is InChI=1S/C12H11BrN2O/c13-11-4-1-3-10(9-11)5-8-15-7-2-6-14-12(15)16/h1-4,6-7,9H,5,8H2. The topological polar surface area (TPSA) is 34.9 Å². The molecule has 0 aliphatic rings. The molecule has 4 heteroatoms. The van der Waals surface area contributed by atoms with Gasteiger partial charge in [0.1, 0.15) is 0 Å². The minimum Gasteiger partial charge on any atom is -0.299 e. The number of aryl methyl sites for hydroxylation is 2. The van der Waals surface area contributed by atoms with Crippen molar-refractivity contribution in [1.29, 1.82) is 0 Å². The number of benzene rings is 1. The molecule has 0 fully saturated rings. The van der Waals surface area contributed by atoms with Gasteiger partial charge in [0, 0.05) is 23.4 Å². The van der Waals surface area contributed by atoms with Gasteiger partial charge < -0.3 is 0 Å². The molecule has 0 bridgehead atoms. The maximum atomic E-state index is 11.3. The van der Waals surface area contributed by atoms with Crippen molar-refractivity contribution in [2.75, 3.05) is 0 Å². The molecule has 1 aromatic carbocycles. The third-order valence-corrected chi connectivity index (χ3v) is 2.81. The predicted octanol–water partition coefficient (Wildman–Crippen LogP) is 2.25. The number of halogens is 1. The number of nitrogens with zero attached hydrogens (tertiary/aromatic N) is 2. The minimum absolute atomic E-state index is 0.197. The van der Waals surface area contributed by atoms with E-state index in [0.29, 0.717) is 6.54 Å². The summed E-state index contributed by atoms with van der Waals surface area (Å²) in [7, 11) is 0. The van der Waals surface area contributed by atoms with Crippen LogP contribution in [0.25, 0.3) is 0 Å². The van der Waals surface area contributed by atoms with E-state index in [1.54, 1.807) is 16.8 Å². The van der Waals surface area contributed by atoms with Crippen molar-refractivity contribution < 1.29 is 0 Å². The Morgan fingerprint density at radius 2 is 2.19 bits per heavy atom. The summed E-state index contributed by atoms with van der Waals surface area (Å²) in [6.07, 6.45) is 4.09. The highest BCUT2D eigenvalue weighted by Gasteiger charge is 1.97. The summed E-state index contributed by atoms with van der Waals surface area (Å²) in [5.74, 6) is 0. The molecule has 0 atom stereocenters. The number of hydrogen-bond donors (Lipinski definition) is 0. The lowest BCUT2D eigenvalue weighted by Gasteiger charge is -2.04. The molecule has 0 radical (unpaired) electrons. The van der Waals surface area contributed by atoms with E-state index in [1.165, 1.54) is 11.8 Å². The fourth-order valence-electron chi connectivity index (χ4n) is 1.50. The van der Waals surface area contributed by atoms with Gasteiger partial charge in [-0.2, -0.15) is 0 Å². The van der Waals surface area contributed by atoms with E-state index < -0.39 is 0 Å². The normalized spacial score (nSPS) is 10.3. The third-order valence-electron chi connectivity index (χ3n) is 2.31. The molecule has 0 saturated heterocycles. The molecule has 2 aromatic rings. The second-order valence-electron chi connectivity index (χ2n) is 3.48. The van der Waals surface area contributed by atoms with Crippen molar-refractivity contribution >= 4 is 15.9 Å².